The number of hydrogen-bond donors (Lipinski definition) is 2. The van der Waals surface area contributed by atoms with Gasteiger partial charge >= 0.3 is 5.97 Å². The Hall–Kier alpha value is -3.26. The SMILES string of the molecule is CN1C=C2C(=C(C3=CCN([C@H]4CC[C@H](C(=O)O)CC4)CC3)C1)NN=C1C=Cc3cc(F)c(F)c2c31. The highest BCUT2D eigenvalue weighted by atomic mass is 19.2. The number of rotatable bonds is 3. The summed E-state index contributed by atoms with van der Waals surface area (Å²) in [5.74, 6) is -2.58. The highest BCUT2D eigenvalue weighted by molar-refractivity contribution is 6.20. The Kier molecular flexibility index (Phi) is 5.36. The van der Waals surface area contributed by atoms with Gasteiger partial charge in [0.2, 0.25) is 0 Å². The van der Waals surface area contributed by atoms with E-state index in [0.29, 0.717) is 35.0 Å². The Balaban J connectivity index is 1.31. The number of nitrogens with zero attached hydrogens (tertiary/aromatic N) is 3. The Bertz CT molecular complexity index is 1270. The molecule has 0 radical (unpaired) electrons. The zero-order valence-electron chi connectivity index (χ0n) is 19.7. The topological polar surface area (TPSA) is 68.2 Å². The number of hydrogen-bond acceptors (Lipinski definition) is 5. The highest BCUT2D eigenvalue weighted by Gasteiger charge is 2.34. The van der Waals surface area contributed by atoms with Crippen LogP contribution in [-0.4, -0.2) is 59.3 Å². The molecule has 1 fully saturated rings. The van der Waals surface area contributed by atoms with Crippen LogP contribution in [0.1, 0.15) is 48.8 Å². The Morgan fingerprint density at radius 3 is 2.69 bits per heavy atom. The molecule has 8 heteroatoms. The predicted molar refractivity (Wildman–Crippen MR) is 130 cm³/mol. The lowest BCUT2D eigenvalue weighted by molar-refractivity contribution is -0.143. The van der Waals surface area contributed by atoms with Crippen molar-refractivity contribution >= 4 is 23.3 Å². The third-order valence-electron chi connectivity index (χ3n) is 8.00. The van der Waals surface area contributed by atoms with E-state index in [1.807, 2.05) is 18.1 Å². The van der Waals surface area contributed by atoms with Crippen LogP contribution in [0.2, 0.25) is 0 Å². The third kappa shape index (κ3) is 3.71. The van der Waals surface area contributed by atoms with Gasteiger partial charge in [-0.15, -0.1) is 0 Å². The minimum Gasteiger partial charge on any atom is -0.481 e. The fraction of sp³-hybridized carbons (Fsp3) is 0.407. The predicted octanol–water partition coefficient (Wildman–Crippen LogP) is 4.11. The number of carboxylic acid groups (broad SMARTS) is 1. The molecule has 0 amide bonds. The number of nitrogens with one attached hydrogen (secondary N) is 1. The van der Waals surface area contributed by atoms with Gasteiger partial charge in [-0.2, -0.15) is 5.10 Å². The summed E-state index contributed by atoms with van der Waals surface area (Å²) in [6.07, 6.45) is 11.8. The van der Waals surface area contributed by atoms with Crippen LogP contribution in [0.15, 0.2) is 46.4 Å². The largest absolute Gasteiger partial charge is 0.481 e. The van der Waals surface area contributed by atoms with Crippen molar-refractivity contribution in [2.24, 2.45) is 11.0 Å². The lowest BCUT2D eigenvalue weighted by atomic mass is 9.84. The molecule has 6 rings (SSSR count). The van der Waals surface area contributed by atoms with Crippen LogP contribution in [0.4, 0.5) is 8.78 Å². The fourth-order valence-electron chi connectivity index (χ4n) is 6.15. The van der Waals surface area contributed by atoms with E-state index in [4.69, 9.17) is 0 Å². The van der Waals surface area contributed by atoms with E-state index < -0.39 is 17.6 Å². The molecule has 0 bridgehead atoms. The molecule has 3 heterocycles. The highest BCUT2D eigenvalue weighted by Crippen LogP contribution is 2.41. The normalized spacial score (nSPS) is 25.8. The van der Waals surface area contributed by atoms with E-state index in [9.17, 15) is 14.3 Å². The molecule has 0 spiro atoms. The van der Waals surface area contributed by atoms with Crippen LogP contribution in [0.25, 0.3) is 11.6 Å². The van der Waals surface area contributed by atoms with E-state index in [1.54, 1.807) is 12.2 Å². The quantitative estimate of drug-likeness (QED) is 0.684. The maximum atomic E-state index is 15.2. The summed E-state index contributed by atoms with van der Waals surface area (Å²) in [5.41, 5.74) is 8.97. The molecule has 0 aromatic heterocycles. The van der Waals surface area contributed by atoms with Gasteiger partial charge in [-0.25, -0.2) is 8.78 Å². The summed E-state index contributed by atoms with van der Waals surface area (Å²) in [7, 11) is 1.95. The summed E-state index contributed by atoms with van der Waals surface area (Å²) in [5, 5.41) is 13.8. The minimum absolute atomic E-state index is 0.209. The molecule has 1 aromatic carbocycles. The molecule has 2 N–H and O–H groups in total. The zero-order chi connectivity index (χ0) is 24.3. The lowest BCUT2D eigenvalue weighted by Crippen LogP contribution is -2.42. The smallest absolute Gasteiger partial charge is 0.306 e. The molecule has 3 aliphatic heterocycles. The Morgan fingerprint density at radius 2 is 1.97 bits per heavy atom. The summed E-state index contributed by atoms with van der Waals surface area (Å²) in [6.45, 7) is 2.36. The maximum absolute atomic E-state index is 15.2. The summed E-state index contributed by atoms with van der Waals surface area (Å²) in [6, 6.07) is 1.65. The first kappa shape index (κ1) is 22.2. The van der Waals surface area contributed by atoms with Crippen LogP contribution in [-0.2, 0) is 4.79 Å². The molecular weight excluding hydrogens is 450 g/mol. The van der Waals surface area contributed by atoms with Crippen molar-refractivity contribution in [3.63, 3.8) is 0 Å². The van der Waals surface area contributed by atoms with Crippen LogP contribution in [0.5, 0.6) is 0 Å². The molecule has 1 saturated carbocycles. The molecule has 6 nitrogen and oxygen atoms in total. The lowest BCUT2D eigenvalue weighted by Gasteiger charge is -2.38. The van der Waals surface area contributed by atoms with Crippen LogP contribution in [0, 0.1) is 17.6 Å². The maximum Gasteiger partial charge on any atom is 0.306 e. The number of allylic oxidation sites excluding steroid dienone is 2. The van der Waals surface area contributed by atoms with Crippen molar-refractivity contribution in [1.29, 1.82) is 0 Å². The molecule has 182 valence electrons. The van der Waals surface area contributed by atoms with Gasteiger partial charge in [0, 0.05) is 61.2 Å². The first-order valence-electron chi connectivity index (χ1n) is 12.3. The van der Waals surface area contributed by atoms with E-state index in [2.05, 4.69) is 21.5 Å². The second kappa shape index (κ2) is 8.45. The van der Waals surface area contributed by atoms with Gasteiger partial charge in [-0.3, -0.25) is 15.1 Å². The number of carboxylic acids is 1. The average Bonchev–Trinajstić information content (AvgIpc) is 3.17. The number of halogens is 2. The standard InChI is InChI=1S/C27H28F2N4O2/c1-32-13-19(15-8-10-33(11-9-15)18-5-2-16(3-6-18)27(34)35)26-20(14-32)24-23-17(12-21(28)25(24)29)4-7-22(23)30-31-26/h4,7-8,12,14,16,18,31H,2-3,5-6,9-11,13H2,1H3,(H,34,35)/t16-,18-. The third-order valence-corrected chi connectivity index (χ3v) is 8.00. The fourth-order valence-corrected chi connectivity index (χ4v) is 6.15. The van der Waals surface area contributed by atoms with Crippen molar-refractivity contribution < 1.29 is 18.7 Å². The van der Waals surface area contributed by atoms with Crippen LogP contribution < -0.4 is 5.43 Å². The molecule has 5 aliphatic rings. The molecule has 0 atom stereocenters. The van der Waals surface area contributed by atoms with E-state index in [1.165, 1.54) is 11.6 Å². The molecule has 0 unspecified atom stereocenters. The van der Waals surface area contributed by atoms with Crippen molar-refractivity contribution in [3.8, 4) is 0 Å². The first-order valence-corrected chi connectivity index (χ1v) is 12.3. The minimum atomic E-state index is -0.855. The first-order chi connectivity index (χ1) is 16.9. The Labute approximate surface area is 203 Å². The number of fused-ring (bicyclic) bond motifs is 2. The summed E-state index contributed by atoms with van der Waals surface area (Å²) in [4.78, 5) is 15.7. The van der Waals surface area contributed by atoms with Crippen molar-refractivity contribution in [3.05, 3.63) is 69.6 Å². The van der Waals surface area contributed by atoms with Crippen LogP contribution in [0.3, 0.4) is 0 Å². The van der Waals surface area contributed by atoms with E-state index in [0.717, 1.165) is 56.5 Å². The van der Waals surface area contributed by atoms with Gasteiger partial charge < -0.3 is 10.0 Å². The summed E-state index contributed by atoms with van der Waals surface area (Å²) < 4.78 is 29.7. The summed E-state index contributed by atoms with van der Waals surface area (Å²) >= 11 is 0. The molecular formula is C27H28F2N4O2. The van der Waals surface area contributed by atoms with Gasteiger partial charge in [0.15, 0.2) is 11.6 Å². The number of hydrazone groups is 1. The monoisotopic (exact) mass is 478 g/mol. The van der Waals surface area contributed by atoms with Crippen molar-refractivity contribution in [1.82, 2.24) is 15.2 Å². The van der Waals surface area contributed by atoms with E-state index >= 15 is 4.39 Å². The molecule has 2 aliphatic carbocycles. The average molecular weight is 479 g/mol. The van der Waals surface area contributed by atoms with Crippen molar-refractivity contribution in [2.75, 3.05) is 26.7 Å². The zero-order valence-corrected chi connectivity index (χ0v) is 19.7. The van der Waals surface area contributed by atoms with Gasteiger partial charge in [0.25, 0.3) is 0 Å². The Morgan fingerprint density at radius 1 is 1.17 bits per heavy atom. The molecule has 1 aromatic rings. The number of carbonyl (C=O) groups is 1. The van der Waals surface area contributed by atoms with Crippen LogP contribution >= 0.6 is 0 Å². The second-order valence-corrected chi connectivity index (χ2v) is 10.1. The molecule has 0 saturated heterocycles. The number of likely N-dealkylation sites (N-methyl/N-ethyl adjacent to an activating group) is 1. The van der Waals surface area contributed by atoms with Gasteiger partial charge in [0.1, 0.15) is 0 Å². The van der Waals surface area contributed by atoms with E-state index in [-0.39, 0.29) is 11.5 Å². The second-order valence-electron chi connectivity index (χ2n) is 10.1. The molecule has 35 heavy (non-hydrogen) atoms. The number of aliphatic carboxylic acids is 1. The van der Waals surface area contributed by atoms with Gasteiger partial charge in [0.05, 0.1) is 17.3 Å². The van der Waals surface area contributed by atoms with Gasteiger partial charge in [-0.05, 0) is 55.4 Å². The number of benzene rings is 1. The van der Waals surface area contributed by atoms with Crippen molar-refractivity contribution in [2.45, 2.75) is 38.1 Å². The van der Waals surface area contributed by atoms with Gasteiger partial charge in [-0.1, -0.05) is 12.2 Å².